The van der Waals surface area contributed by atoms with Crippen LogP contribution in [0.15, 0.2) is 0 Å². The molecule has 4 nitrogen and oxygen atoms in total. The van der Waals surface area contributed by atoms with Crippen LogP contribution in [0.5, 0.6) is 0 Å². The van der Waals surface area contributed by atoms with Gasteiger partial charge in [0.2, 0.25) is 0 Å². The summed E-state index contributed by atoms with van der Waals surface area (Å²) in [7, 11) is 1.19. The molecule has 1 unspecified atom stereocenters. The van der Waals surface area contributed by atoms with E-state index in [1.807, 2.05) is 0 Å². The summed E-state index contributed by atoms with van der Waals surface area (Å²) in [5.74, 6) is -2.09. The first-order chi connectivity index (χ1) is 5.49. The summed E-state index contributed by atoms with van der Waals surface area (Å²) in [4.78, 5) is 32.3. The molecule has 0 aromatic carbocycles. The Morgan fingerprint density at radius 3 is 2.08 bits per heavy atom. The van der Waals surface area contributed by atoms with Gasteiger partial charge in [-0.15, -0.1) is 0 Å². The molecule has 0 heterocycles. The van der Waals surface area contributed by atoms with E-state index in [0.29, 0.717) is 0 Å². The van der Waals surface area contributed by atoms with Crippen molar-refractivity contribution in [2.24, 2.45) is 5.92 Å². The maximum absolute atomic E-state index is 10.9. The zero-order chi connectivity index (χ0) is 9.72. The zero-order valence-electron chi connectivity index (χ0n) is 7.42. The molecular weight excluding hydrogens is 159 g/mol. The second-order valence-electron chi connectivity index (χ2n) is 2.59. The lowest BCUT2D eigenvalue weighted by molar-refractivity contribution is -0.145. The molecule has 0 saturated heterocycles. The average Bonchev–Trinajstić information content (AvgIpc) is 1.98. The van der Waals surface area contributed by atoms with Crippen molar-refractivity contribution in [3.63, 3.8) is 0 Å². The van der Waals surface area contributed by atoms with Gasteiger partial charge >= 0.3 is 8.05 Å². The van der Waals surface area contributed by atoms with E-state index in [9.17, 15) is 14.4 Å². The summed E-state index contributed by atoms with van der Waals surface area (Å²) in [6.07, 6.45) is -0.0675. The normalized spacial score (nSPS) is 11.8. The maximum atomic E-state index is 10.9. The number of hydrogen-bond donors (Lipinski definition) is 0. The Morgan fingerprint density at radius 2 is 1.83 bits per heavy atom. The van der Waals surface area contributed by atoms with Crippen LogP contribution in [0.2, 0.25) is 0 Å². The number of carbonyl (C=O) groups excluding carboxylic acids is 3. The van der Waals surface area contributed by atoms with Gasteiger partial charge in [0.25, 0.3) is 5.97 Å². The molecule has 0 rings (SSSR count). The van der Waals surface area contributed by atoms with Gasteiger partial charge in [0.1, 0.15) is 17.5 Å². The van der Waals surface area contributed by atoms with Crippen LogP contribution in [0.25, 0.3) is 0 Å². The fourth-order valence-corrected chi connectivity index (χ4v) is 0.823. The largest absolute Gasteiger partial charge is 0.543 e. The minimum atomic E-state index is -0.924. The van der Waals surface area contributed by atoms with E-state index in [2.05, 4.69) is 4.65 Å². The molecule has 0 radical (unpaired) electrons. The van der Waals surface area contributed by atoms with E-state index in [1.54, 1.807) is 0 Å². The molecule has 0 saturated carbocycles. The lowest BCUT2D eigenvalue weighted by Gasteiger charge is -2.08. The highest BCUT2D eigenvalue weighted by Crippen LogP contribution is 2.07. The summed E-state index contributed by atoms with van der Waals surface area (Å²) in [5, 5.41) is 0. The predicted octanol–water partition coefficient (Wildman–Crippen LogP) is -0.738. The van der Waals surface area contributed by atoms with Crippen molar-refractivity contribution < 1.29 is 19.0 Å². The molecule has 0 aliphatic heterocycles. The fourth-order valence-electron chi connectivity index (χ4n) is 0.823. The van der Waals surface area contributed by atoms with Gasteiger partial charge in [0, 0.05) is 6.42 Å². The van der Waals surface area contributed by atoms with E-state index in [1.165, 1.54) is 21.9 Å². The number of ketones is 2. The number of rotatable bonds is 4. The quantitative estimate of drug-likeness (QED) is 0.411. The lowest BCUT2D eigenvalue weighted by atomic mass is 9.99. The van der Waals surface area contributed by atoms with Gasteiger partial charge in [-0.2, -0.15) is 0 Å². The molecule has 0 spiro atoms. The van der Waals surface area contributed by atoms with Crippen molar-refractivity contribution in [1.29, 1.82) is 0 Å². The maximum Gasteiger partial charge on any atom is 0.325 e. The molecule has 0 aliphatic rings. The Morgan fingerprint density at radius 1 is 1.33 bits per heavy atom. The van der Waals surface area contributed by atoms with E-state index in [0.717, 1.165) is 0 Å². The summed E-state index contributed by atoms with van der Waals surface area (Å²) in [6, 6.07) is 0. The van der Waals surface area contributed by atoms with Crippen LogP contribution in [0, 0.1) is 5.92 Å². The van der Waals surface area contributed by atoms with Gasteiger partial charge < -0.3 is 4.65 Å². The monoisotopic (exact) mass is 170 g/mol. The van der Waals surface area contributed by atoms with E-state index >= 15 is 0 Å². The van der Waals surface area contributed by atoms with Crippen LogP contribution in [-0.4, -0.2) is 25.6 Å². The molecule has 0 amide bonds. The van der Waals surface area contributed by atoms with Gasteiger partial charge in [-0.1, -0.05) is 0 Å². The Kier molecular flexibility index (Phi) is 4.25. The zero-order valence-corrected chi connectivity index (χ0v) is 7.42. The third kappa shape index (κ3) is 3.32. The highest BCUT2D eigenvalue weighted by Gasteiger charge is 2.24. The molecule has 0 N–H and O–H groups in total. The molecule has 5 heteroatoms. The molecule has 0 aromatic heterocycles. The van der Waals surface area contributed by atoms with Crippen molar-refractivity contribution >= 4 is 25.6 Å². The van der Waals surface area contributed by atoms with Gasteiger partial charge in [-0.3, -0.25) is 14.4 Å². The van der Waals surface area contributed by atoms with Crippen molar-refractivity contribution in [3.8, 4) is 0 Å². The fraction of sp³-hybridized carbons (Fsp3) is 0.571. The van der Waals surface area contributed by atoms with Crippen LogP contribution in [0.1, 0.15) is 20.3 Å². The first kappa shape index (κ1) is 10.9. The summed E-state index contributed by atoms with van der Waals surface area (Å²) >= 11 is 0. The molecule has 0 bridgehead atoms. The Labute approximate surface area is 71.7 Å². The second kappa shape index (κ2) is 4.69. The Bertz CT molecular complexity index is 211. The smallest absolute Gasteiger partial charge is 0.325 e. The van der Waals surface area contributed by atoms with Crippen LogP contribution in [-0.2, 0) is 19.0 Å². The number of hydrogen-bond acceptors (Lipinski definition) is 4. The highest BCUT2D eigenvalue weighted by atomic mass is 16.5. The number of Topliss-reactive ketones (excluding diaryl/α,β-unsaturated/α-hetero) is 2. The molecular formula is C7H11BO4. The lowest BCUT2D eigenvalue weighted by Crippen LogP contribution is -2.25. The molecule has 0 aliphatic carbocycles. The third-order valence-electron chi connectivity index (χ3n) is 1.47. The third-order valence-corrected chi connectivity index (χ3v) is 1.47. The highest BCUT2D eigenvalue weighted by molar-refractivity contribution is 6.10. The molecule has 12 heavy (non-hydrogen) atoms. The van der Waals surface area contributed by atoms with Crippen molar-refractivity contribution in [2.75, 3.05) is 0 Å². The van der Waals surface area contributed by atoms with Crippen LogP contribution in [0.3, 0.4) is 0 Å². The minimum absolute atomic E-state index is 0.0675. The molecule has 0 aromatic rings. The van der Waals surface area contributed by atoms with Crippen molar-refractivity contribution in [2.45, 2.75) is 20.3 Å². The van der Waals surface area contributed by atoms with Gasteiger partial charge in [0.15, 0.2) is 0 Å². The van der Waals surface area contributed by atoms with E-state index in [4.69, 9.17) is 0 Å². The van der Waals surface area contributed by atoms with Gasteiger partial charge in [-0.05, 0) is 13.8 Å². The number of carbonyl (C=O) groups is 3. The second-order valence-corrected chi connectivity index (χ2v) is 2.59. The first-order valence-electron chi connectivity index (χ1n) is 3.56. The average molecular weight is 170 g/mol. The first-order valence-corrected chi connectivity index (χ1v) is 3.56. The Balaban J connectivity index is 4.33. The van der Waals surface area contributed by atoms with Crippen LogP contribution in [0.4, 0.5) is 0 Å². The molecule has 0 fully saturated rings. The van der Waals surface area contributed by atoms with Crippen molar-refractivity contribution in [3.05, 3.63) is 0 Å². The molecule has 66 valence electrons. The topological polar surface area (TPSA) is 60.4 Å². The summed E-state index contributed by atoms with van der Waals surface area (Å²) in [6.45, 7) is 2.60. The van der Waals surface area contributed by atoms with Crippen LogP contribution < -0.4 is 0 Å². The molecule has 1 atom stereocenters. The van der Waals surface area contributed by atoms with E-state index in [-0.39, 0.29) is 18.0 Å². The standard InChI is InChI=1S/C7H11BO4/c1-4(9)3-6(5(2)10)7(11)12-8/h6H,3,8H2,1-2H3. The van der Waals surface area contributed by atoms with Crippen molar-refractivity contribution in [1.82, 2.24) is 0 Å². The summed E-state index contributed by atoms with van der Waals surface area (Å²) in [5.41, 5.74) is 0. The minimum Gasteiger partial charge on any atom is -0.543 e. The van der Waals surface area contributed by atoms with Gasteiger partial charge in [-0.25, -0.2) is 0 Å². The van der Waals surface area contributed by atoms with E-state index < -0.39 is 11.9 Å². The predicted molar refractivity (Wildman–Crippen MR) is 44.1 cm³/mol. The Hall–Kier alpha value is -1.13. The SMILES string of the molecule is BOC(=O)C(CC(C)=O)C(C)=O. The van der Waals surface area contributed by atoms with Crippen LogP contribution >= 0.6 is 0 Å². The summed E-state index contributed by atoms with van der Waals surface area (Å²) < 4.78 is 4.36. The van der Waals surface area contributed by atoms with Gasteiger partial charge in [0.05, 0.1) is 0 Å².